The lowest BCUT2D eigenvalue weighted by atomic mass is 9.48. The highest BCUT2D eigenvalue weighted by atomic mass is 28.4. The van der Waals surface area contributed by atoms with Crippen molar-refractivity contribution in [2.45, 2.75) is 91.0 Å². The summed E-state index contributed by atoms with van der Waals surface area (Å²) in [5, 5.41) is 0. The minimum absolute atomic E-state index is 0.00101. The minimum Gasteiger partial charge on any atom is -0.414 e. The molecule has 25 heavy (non-hydrogen) atoms. The second-order valence-electron chi connectivity index (χ2n) is 10.8. The lowest BCUT2D eigenvalue weighted by Gasteiger charge is -2.57. The van der Waals surface area contributed by atoms with E-state index in [2.05, 4.69) is 39.6 Å². The third-order valence-electron chi connectivity index (χ3n) is 8.29. The van der Waals surface area contributed by atoms with Crippen LogP contribution >= 0.6 is 0 Å². The van der Waals surface area contributed by atoms with E-state index in [0.717, 1.165) is 37.5 Å². The quantitative estimate of drug-likeness (QED) is 0.464. The molecule has 3 saturated carbocycles. The van der Waals surface area contributed by atoms with Crippen LogP contribution in [0.25, 0.3) is 0 Å². The summed E-state index contributed by atoms with van der Waals surface area (Å²) in [6.07, 6.45) is 12.3. The topological polar surface area (TPSA) is 26.3 Å². The number of allylic oxidation sites excluding steroid dienone is 1. The maximum absolute atomic E-state index is 12.5. The van der Waals surface area contributed by atoms with Gasteiger partial charge in [-0.05, 0) is 87.8 Å². The molecule has 2 nitrogen and oxygen atoms in total. The molecule has 0 aromatic carbocycles. The van der Waals surface area contributed by atoms with Crippen molar-refractivity contribution in [1.29, 1.82) is 0 Å². The Morgan fingerprint density at radius 2 is 1.72 bits per heavy atom. The normalized spacial score (nSPS) is 46.9. The molecular formula is C22H36O2Si. The zero-order valence-corrected chi connectivity index (χ0v) is 17.9. The maximum atomic E-state index is 12.5. The number of fused-ring (bicyclic) bond motifs is 5. The van der Waals surface area contributed by atoms with Gasteiger partial charge in [0.1, 0.15) is 5.78 Å². The molecule has 6 atom stereocenters. The average Bonchev–Trinajstić information content (AvgIpc) is 2.82. The number of carbonyl (C=O) groups excluding carboxylic acids is 1. The van der Waals surface area contributed by atoms with Gasteiger partial charge >= 0.3 is 0 Å². The van der Waals surface area contributed by atoms with Crippen LogP contribution in [-0.4, -0.2) is 20.2 Å². The van der Waals surface area contributed by atoms with Gasteiger partial charge in [-0.2, -0.15) is 0 Å². The molecule has 4 aliphatic carbocycles. The van der Waals surface area contributed by atoms with E-state index in [-0.39, 0.29) is 5.41 Å². The molecule has 4 aliphatic rings. The summed E-state index contributed by atoms with van der Waals surface area (Å²) in [4.78, 5) is 12.5. The monoisotopic (exact) mass is 360 g/mol. The molecular weight excluding hydrogens is 324 g/mol. The van der Waals surface area contributed by atoms with Crippen molar-refractivity contribution in [2.24, 2.45) is 28.6 Å². The smallest absolute Gasteiger partial charge is 0.184 e. The van der Waals surface area contributed by atoms with Gasteiger partial charge in [-0.25, -0.2) is 0 Å². The van der Waals surface area contributed by atoms with Gasteiger partial charge in [-0.3, -0.25) is 4.79 Å². The van der Waals surface area contributed by atoms with Crippen molar-refractivity contribution in [3.05, 3.63) is 11.6 Å². The van der Waals surface area contributed by atoms with Gasteiger partial charge in [0.25, 0.3) is 0 Å². The Morgan fingerprint density at radius 3 is 2.44 bits per heavy atom. The van der Waals surface area contributed by atoms with E-state index in [9.17, 15) is 4.79 Å². The Bertz CT molecular complexity index is 604. The summed E-state index contributed by atoms with van der Waals surface area (Å²) in [7, 11) is -1.46. The molecule has 0 N–H and O–H groups in total. The molecule has 0 aliphatic heterocycles. The Morgan fingerprint density at radius 1 is 1.04 bits per heavy atom. The minimum atomic E-state index is -1.46. The molecule has 0 heterocycles. The largest absolute Gasteiger partial charge is 0.414 e. The molecule has 0 aromatic rings. The van der Waals surface area contributed by atoms with E-state index in [1.54, 1.807) is 5.57 Å². The van der Waals surface area contributed by atoms with Crippen molar-refractivity contribution in [3.63, 3.8) is 0 Å². The fourth-order valence-corrected chi connectivity index (χ4v) is 8.20. The molecule has 0 saturated heterocycles. The van der Waals surface area contributed by atoms with Gasteiger partial charge in [0.15, 0.2) is 8.32 Å². The van der Waals surface area contributed by atoms with Crippen LogP contribution in [0.1, 0.15) is 65.2 Å². The Labute approximate surface area is 154 Å². The number of hydrogen-bond donors (Lipinski definition) is 0. The molecule has 4 rings (SSSR count). The van der Waals surface area contributed by atoms with Gasteiger partial charge in [0, 0.05) is 17.9 Å². The number of Topliss-reactive ketones (excluding diaryl/α,β-unsaturated/α-hetero) is 1. The number of hydrogen-bond acceptors (Lipinski definition) is 2. The van der Waals surface area contributed by atoms with Crippen molar-refractivity contribution < 1.29 is 9.22 Å². The fourth-order valence-electron chi connectivity index (χ4n) is 7.00. The predicted octanol–water partition coefficient (Wildman–Crippen LogP) is 5.74. The fraction of sp³-hybridized carbons (Fsp3) is 0.864. The molecule has 0 amide bonds. The van der Waals surface area contributed by atoms with E-state index in [1.165, 1.54) is 25.7 Å². The van der Waals surface area contributed by atoms with Crippen LogP contribution in [-0.2, 0) is 9.22 Å². The van der Waals surface area contributed by atoms with Gasteiger partial charge < -0.3 is 4.43 Å². The van der Waals surface area contributed by atoms with Crippen molar-refractivity contribution in [2.75, 3.05) is 0 Å². The van der Waals surface area contributed by atoms with Crippen LogP contribution in [0.2, 0.25) is 19.6 Å². The number of rotatable bonds is 2. The third-order valence-corrected chi connectivity index (χ3v) is 9.33. The van der Waals surface area contributed by atoms with Crippen LogP contribution in [0.4, 0.5) is 0 Å². The second-order valence-corrected chi connectivity index (χ2v) is 15.2. The standard InChI is InChI=1S/C22H36O2Si/c1-21-12-10-16(24-25(3,4)5)14-15(21)6-7-17-18-8-9-20(23)22(18,2)13-11-19(17)21/h6,16-19H,7-14H2,1-5H3/t16-,17-,18-,19-,21-,22-/m0/s1. The highest BCUT2D eigenvalue weighted by Gasteiger charge is 2.58. The first kappa shape index (κ1) is 18.0. The molecule has 0 bridgehead atoms. The van der Waals surface area contributed by atoms with Crippen molar-refractivity contribution in [3.8, 4) is 0 Å². The van der Waals surface area contributed by atoms with Crippen molar-refractivity contribution in [1.82, 2.24) is 0 Å². The molecule has 0 aromatic heterocycles. The zero-order chi connectivity index (χ0) is 18.0. The van der Waals surface area contributed by atoms with Gasteiger partial charge in [0.05, 0.1) is 0 Å². The highest BCUT2D eigenvalue weighted by Crippen LogP contribution is 2.64. The Balaban J connectivity index is 1.57. The number of carbonyl (C=O) groups is 1. The van der Waals surface area contributed by atoms with Gasteiger partial charge in [-0.15, -0.1) is 0 Å². The van der Waals surface area contributed by atoms with Crippen LogP contribution in [0.5, 0.6) is 0 Å². The summed E-state index contributed by atoms with van der Waals surface area (Å²) in [5.74, 6) is 2.74. The Kier molecular flexibility index (Phi) is 4.16. The maximum Gasteiger partial charge on any atom is 0.184 e. The van der Waals surface area contributed by atoms with Crippen molar-refractivity contribution >= 4 is 14.1 Å². The molecule has 3 fully saturated rings. The first-order chi connectivity index (χ1) is 11.6. The van der Waals surface area contributed by atoms with Crippen LogP contribution in [0, 0.1) is 28.6 Å². The SMILES string of the molecule is C[C@]12CC[C@H](O[Si](C)(C)C)CC1=CC[C@@H]1[C@@H]2CC[C@]2(C)C(=O)CC[C@@H]12. The highest BCUT2D eigenvalue weighted by molar-refractivity contribution is 6.69. The van der Waals surface area contributed by atoms with E-state index < -0.39 is 8.32 Å². The van der Waals surface area contributed by atoms with Crippen LogP contribution in [0.15, 0.2) is 11.6 Å². The molecule has 3 heteroatoms. The summed E-state index contributed by atoms with van der Waals surface area (Å²) in [6.45, 7) is 11.8. The van der Waals surface area contributed by atoms with Gasteiger partial charge in [-0.1, -0.05) is 25.5 Å². The molecule has 140 valence electrons. The summed E-state index contributed by atoms with van der Waals surface area (Å²) < 4.78 is 6.46. The van der Waals surface area contributed by atoms with Crippen LogP contribution < -0.4 is 0 Å². The second kappa shape index (κ2) is 5.79. The molecule has 0 radical (unpaired) electrons. The van der Waals surface area contributed by atoms with Crippen LogP contribution in [0.3, 0.4) is 0 Å². The summed E-state index contributed by atoms with van der Waals surface area (Å²) in [6, 6.07) is 0. The van der Waals surface area contributed by atoms with E-state index in [0.29, 0.717) is 23.2 Å². The molecule has 0 spiro atoms. The van der Waals surface area contributed by atoms with E-state index >= 15 is 0 Å². The molecule has 0 unspecified atom stereocenters. The first-order valence-electron chi connectivity index (χ1n) is 10.5. The third kappa shape index (κ3) is 2.81. The lowest BCUT2D eigenvalue weighted by Crippen LogP contribution is -2.51. The number of ketones is 1. The predicted molar refractivity (Wildman–Crippen MR) is 105 cm³/mol. The average molecular weight is 361 g/mol. The Hall–Kier alpha value is -0.413. The zero-order valence-electron chi connectivity index (χ0n) is 16.9. The van der Waals surface area contributed by atoms with E-state index in [1.807, 2.05) is 0 Å². The van der Waals surface area contributed by atoms with Gasteiger partial charge in [0.2, 0.25) is 0 Å². The summed E-state index contributed by atoms with van der Waals surface area (Å²) in [5.41, 5.74) is 2.06. The summed E-state index contributed by atoms with van der Waals surface area (Å²) >= 11 is 0. The first-order valence-corrected chi connectivity index (χ1v) is 13.9. The van der Waals surface area contributed by atoms with E-state index in [4.69, 9.17) is 4.43 Å². The lowest BCUT2D eigenvalue weighted by molar-refractivity contribution is -0.131.